The molecule has 0 spiro atoms. The molecular weight excluding hydrogens is 573 g/mol. The van der Waals surface area contributed by atoms with E-state index in [0.29, 0.717) is 75.7 Å². The van der Waals surface area contributed by atoms with Crippen molar-refractivity contribution in [3.8, 4) is 11.3 Å². The molecule has 2 heterocycles. The number of benzene rings is 1. The molecule has 0 saturated carbocycles. The largest absolute Gasteiger partial charge is 0.397 e. The van der Waals surface area contributed by atoms with Gasteiger partial charge in [0.2, 0.25) is 10.0 Å². The molecule has 2 aromatic heterocycles. The van der Waals surface area contributed by atoms with Crippen LogP contribution in [-0.2, 0) is 19.5 Å². The van der Waals surface area contributed by atoms with Gasteiger partial charge >= 0.3 is 0 Å². The second-order valence-electron chi connectivity index (χ2n) is 10.1. The molecule has 0 saturated heterocycles. The Labute approximate surface area is 244 Å². The van der Waals surface area contributed by atoms with Crippen LogP contribution in [0.15, 0.2) is 29.4 Å². The number of methoxy groups -OCH3 is 2. The number of aromatic nitrogens is 2. The van der Waals surface area contributed by atoms with Crippen LogP contribution in [0.1, 0.15) is 30.4 Å². The number of thiophene rings is 1. The fraction of sp³-hybridized carbons (Fsp3) is 0.500. The van der Waals surface area contributed by atoms with E-state index in [9.17, 15) is 13.2 Å². The van der Waals surface area contributed by atoms with Crippen LogP contribution in [0.5, 0.6) is 0 Å². The van der Waals surface area contributed by atoms with Crippen LogP contribution >= 0.6 is 23.1 Å². The van der Waals surface area contributed by atoms with Gasteiger partial charge < -0.3 is 20.5 Å². The molecule has 14 heteroatoms. The van der Waals surface area contributed by atoms with Gasteiger partial charge in [-0.25, -0.2) is 18.4 Å². The highest BCUT2D eigenvalue weighted by Crippen LogP contribution is 2.40. The second kappa shape index (κ2) is 13.9. The molecule has 3 rings (SSSR count). The average molecular weight is 611 g/mol. The third kappa shape index (κ3) is 8.75. The van der Waals surface area contributed by atoms with Crippen LogP contribution in [0.2, 0.25) is 0 Å². The highest BCUT2D eigenvalue weighted by Gasteiger charge is 2.25. The number of amides is 1. The number of rotatable bonds is 14. The number of sulfonamides is 1. The Kier molecular flexibility index (Phi) is 11.1. The Morgan fingerprint density at radius 1 is 1.12 bits per heavy atom. The second-order valence-corrected chi connectivity index (χ2v) is 13.7. The van der Waals surface area contributed by atoms with Crippen molar-refractivity contribution in [2.75, 3.05) is 69.5 Å². The fourth-order valence-electron chi connectivity index (χ4n) is 3.85. The Balaban J connectivity index is 1.91. The summed E-state index contributed by atoms with van der Waals surface area (Å²) in [5.74, 6) is -0.376. The van der Waals surface area contributed by atoms with Gasteiger partial charge in [0.25, 0.3) is 5.91 Å². The lowest BCUT2D eigenvalue weighted by Crippen LogP contribution is -2.40. The molecule has 0 aliphatic carbocycles. The first-order valence-electron chi connectivity index (χ1n) is 12.6. The molecule has 0 aliphatic rings. The molecule has 0 atom stereocenters. The summed E-state index contributed by atoms with van der Waals surface area (Å²) < 4.78 is 38.9. The number of carbonyl (C=O) groups excluding carboxylic acids is 1. The van der Waals surface area contributed by atoms with Gasteiger partial charge in [0, 0.05) is 50.6 Å². The number of nitrogens with one attached hydrogen (secondary N) is 2. The number of anilines is 2. The van der Waals surface area contributed by atoms with Gasteiger partial charge in [0.05, 0.1) is 35.7 Å². The van der Waals surface area contributed by atoms with Crippen LogP contribution in [-0.4, -0.2) is 93.8 Å². The first-order valence-corrected chi connectivity index (χ1v) is 16.3. The standard InChI is InChI=1S/C26H38N6O5S3/c1-26(2,3)30-23(33)22-20(27)19-21(28-25(38-6)29-24(19)39-22)17-8-7-9-18(16-17)31-40(34,35)15-12-32(10-13-36-4)11-14-37-5/h7-9,16,31H,10-15,27H2,1-6H3,(H,30,33). The Hall–Kier alpha value is -2.49. The molecule has 0 bridgehead atoms. The lowest BCUT2D eigenvalue weighted by Gasteiger charge is -2.21. The minimum atomic E-state index is -3.65. The molecule has 11 nitrogen and oxygen atoms in total. The van der Waals surface area contributed by atoms with E-state index in [1.807, 2.05) is 38.0 Å². The number of hydrogen-bond acceptors (Lipinski definition) is 11. The van der Waals surface area contributed by atoms with Crippen LogP contribution in [0.4, 0.5) is 11.4 Å². The zero-order valence-corrected chi connectivity index (χ0v) is 26.2. The van der Waals surface area contributed by atoms with Crippen LogP contribution in [0.25, 0.3) is 21.5 Å². The van der Waals surface area contributed by atoms with Crippen molar-refractivity contribution >= 4 is 60.6 Å². The summed E-state index contributed by atoms with van der Waals surface area (Å²) in [4.78, 5) is 25.2. The van der Waals surface area contributed by atoms with Crippen molar-refractivity contribution in [1.29, 1.82) is 0 Å². The highest BCUT2D eigenvalue weighted by molar-refractivity contribution is 7.98. The predicted octanol–water partition coefficient (Wildman–Crippen LogP) is 3.53. The molecule has 1 amide bonds. The normalized spacial score (nSPS) is 12.3. The Morgan fingerprint density at radius 2 is 1.80 bits per heavy atom. The first-order chi connectivity index (χ1) is 18.9. The summed E-state index contributed by atoms with van der Waals surface area (Å²) in [6.07, 6.45) is 1.86. The van der Waals surface area contributed by atoms with E-state index in [0.717, 1.165) is 0 Å². The number of nitrogen functional groups attached to an aromatic ring is 1. The number of hydrogen-bond donors (Lipinski definition) is 3. The van der Waals surface area contributed by atoms with Gasteiger partial charge in [-0.3, -0.25) is 14.4 Å². The number of fused-ring (bicyclic) bond motifs is 1. The van der Waals surface area contributed by atoms with Crippen LogP contribution in [0.3, 0.4) is 0 Å². The van der Waals surface area contributed by atoms with Crippen molar-refractivity contribution in [2.45, 2.75) is 31.5 Å². The maximum Gasteiger partial charge on any atom is 0.263 e. The van der Waals surface area contributed by atoms with Crippen LogP contribution < -0.4 is 15.8 Å². The molecule has 40 heavy (non-hydrogen) atoms. The number of ether oxygens (including phenoxy) is 2. The third-order valence-electron chi connectivity index (χ3n) is 5.75. The smallest absolute Gasteiger partial charge is 0.263 e. The van der Waals surface area contributed by atoms with E-state index in [1.54, 1.807) is 32.4 Å². The molecule has 0 radical (unpaired) electrons. The summed E-state index contributed by atoms with van der Waals surface area (Å²) in [5.41, 5.74) is 7.93. The summed E-state index contributed by atoms with van der Waals surface area (Å²) in [7, 11) is -0.433. The summed E-state index contributed by atoms with van der Waals surface area (Å²) in [6, 6.07) is 6.97. The van der Waals surface area contributed by atoms with E-state index in [-0.39, 0.29) is 11.7 Å². The maximum absolute atomic E-state index is 13.0. The van der Waals surface area contributed by atoms with E-state index in [1.165, 1.54) is 23.1 Å². The van der Waals surface area contributed by atoms with Gasteiger partial charge in [-0.2, -0.15) is 0 Å². The topological polar surface area (TPSA) is 149 Å². The molecule has 3 aromatic rings. The van der Waals surface area contributed by atoms with Crippen molar-refractivity contribution < 1.29 is 22.7 Å². The quantitative estimate of drug-likeness (QED) is 0.183. The Morgan fingerprint density at radius 3 is 2.40 bits per heavy atom. The summed E-state index contributed by atoms with van der Waals surface area (Å²) in [6.45, 7) is 8.22. The van der Waals surface area contributed by atoms with Crippen LogP contribution in [0, 0.1) is 0 Å². The number of carbonyl (C=O) groups is 1. The van der Waals surface area contributed by atoms with Gasteiger partial charge in [-0.15, -0.1) is 11.3 Å². The lowest BCUT2D eigenvalue weighted by molar-refractivity contribution is 0.0924. The number of nitrogens with zero attached hydrogens (tertiary/aromatic N) is 3. The lowest BCUT2D eigenvalue weighted by atomic mass is 10.1. The summed E-state index contributed by atoms with van der Waals surface area (Å²) >= 11 is 2.58. The highest BCUT2D eigenvalue weighted by atomic mass is 32.2. The minimum Gasteiger partial charge on any atom is -0.397 e. The Bertz CT molecular complexity index is 1410. The fourth-order valence-corrected chi connectivity index (χ4v) is 6.35. The predicted molar refractivity (Wildman–Crippen MR) is 164 cm³/mol. The first kappa shape index (κ1) is 32.0. The zero-order chi connectivity index (χ0) is 29.5. The zero-order valence-electron chi connectivity index (χ0n) is 23.7. The summed E-state index contributed by atoms with van der Waals surface area (Å²) in [5, 5.41) is 4.03. The van der Waals surface area contributed by atoms with Crippen molar-refractivity contribution in [2.24, 2.45) is 0 Å². The van der Waals surface area contributed by atoms with Crippen molar-refractivity contribution in [3.63, 3.8) is 0 Å². The molecule has 4 N–H and O–H groups in total. The van der Waals surface area contributed by atoms with Crippen molar-refractivity contribution in [3.05, 3.63) is 29.1 Å². The SMILES string of the molecule is COCCN(CCOC)CCS(=O)(=O)Nc1cccc(-c2nc(SC)nc3sc(C(=O)NC(C)(C)C)c(N)c23)c1. The maximum atomic E-state index is 13.0. The van der Waals surface area contributed by atoms with Gasteiger partial charge in [0.15, 0.2) is 5.16 Å². The molecule has 0 fully saturated rings. The van der Waals surface area contributed by atoms with E-state index < -0.39 is 15.6 Å². The van der Waals surface area contributed by atoms with Gasteiger partial charge in [-0.1, -0.05) is 23.9 Å². The molecule has 1 aromatic carbocycles. The van der Waals surface area contributed by atoms with E-state index >= 15 is 0 Å². The molecule has 220 valence electrons. The average Bonchev–Trinajstić information content (AvgIpc) is 3.23. The molecule has 0 unspecified atom stereocenters. The van der Waals surface area contributed by atoms with E-state index in [4.69, 9.17) is 20.2 Å². The monoisotopic (exact) mass is 610 g/mol. The molecular formula is C26H38N6O5S3. The number of thioether (sulfide) groups is 1. The van der Waals surface area contributed by atoms with Gasteiger partial charge in [0.1, 0.15) is 9.71 Å². The van der Waals surface area contributed by atoms with Gasteiger partial charge in [-0.05, 0) is 39.2 Å². The minimum absolute atomic E-state index is 0.0945. The van der Waals surface area contributed by atoms with E-state index in [2.05, 4.69) is 15.0 Å². The number of nitrogens with two attached hydrogens (primary N) is 1. The van der Waals surface area contributed by atoms with Crippen molar-refractivity contribution in [1.82, 2.24) is 20.2 Å². The molecule has 0 aliphatic heterocycles. The third-order valence-corrected chi connectivity index (χ3v) is 8.67.